The normalized spacial score (nSPS) is 13.5. The van der Waals surface area contributed by atoms with Crippen LogP contribution in [0.5, 0.6) is 0 Å². The van der Waals surface area contributed by atoms with Crippen molar-refractivity contribution in [3.05, 3.63) is 73.7 Å². The lowest BCUT2D eigenvalue weighted by Gasteiger charge is -2.08. The molecule has 0 saturated carbocycles. The fourth-order valence-corrected chi connectivity index (χ4v) is 2.85. The molecule has 142 valence electrons. The summed E-state index contributed by atoms with van der Waals surface area (Å²) in [5.41, 5.74) is 0.343. The van der Waals surface area contributed by atoms with E-state index >= 15 is 0 Å². The van der Waals surface area contributed by atoms with Crippen molar-refractivity contribution in [3.63, 3.8) is 0 Å². The monoisotopic (exact) mass is 410 g/mol. The van der Waals surface area contributed by atoms with Gasteiger partial charge in [-0.2, -0.15) is 10.1 Å². The Kier molecular flexibility index (Phi) is 5.91. The first-order valence-electron chi connectivity index (χ1n) is 8.03. The maximum absolute atomic E-state index is 12.2. The summed E-state index contributed by atoms with van der Waals surface area (Å²) in [6.45, 7) is 1.41. The summed E-state index contributed by atoms with van der Waals surface area (Å²) in [7, 11) is 0. The van der Waals surface area contributed by atoms with Gasteiger partial charge in [-0.3, -0.25) is 4.79 Å². The molecule has 3 aromatic rings. The molecule has 2 aromatic heterocycles. The minimum Gasteiger partial charge on any atom is -0.389 e. The minimum absolute atomic E-state index is 0.0807. The van der Waals surface area contributed by atoms with Crippen LogP contribution in [0.4, 0.5) is 0 Å². The predicted molar refractivity (Wildman–Crippen MR) is 97.7 cm³/mol. The molecule has 0 aliphatic rings. The van der Waals surface area contributed by atoms with E-state index in [0.717, 1.165) is 4.68 Å². The van der Waals surface area contributed by atoms with E-state index in [4.69, 9.17) is 27.7 Å². The molecule has 0 saturated heterocycles. The Bertz CT molecular complexity index is 985. The molecule has 1 aromatic carbocycles. The lowest BCUT2D eigenvalue weighted by atomic mass is 10.1. The Morgan fingerprint density at radius 3 is 2.59 bits per heavy atom. The van der Waals surface area contributed by atoms with E-state index in [0.29, 0.717) is 10.6 Å². The molecule has 0 amide bonds. The van der Waals surface area contributed by atoms with E-state index in [1.54, 1.807) is 24.3 Å². The molecule has 0 spiro atoms. The van der Waals surface area contributed by atoms with E-state index < -0.39 is 17.8 Å². The highest BCUT2D eigenvalue weighted by Gasteiger charge is 2.17. The van der Waals surface area contributed by atoms with E-state index in [1.807, 2.05) is 0 Å². The molecule has 3 rings (SSSR count). The zero-order valence-electron chi connectivity index (χ0n) is 14.2. The van der Waals surface area contributed by atoms with Gasteiger partial charge in [0.2, 0.25) is 5.89 Å². The van der Waals surface area contributed by atoms with E-state index in [9.17, 15) is 15.0 Å². The van der Waals surface area contributed by atoms with Crippen LogP contribution < -0.4 is 5.56 Å². The number of nitrogens with zero attached hydrogens (tertiary/aromatic N) is 4. The molecule has 0 bridgehead atoms. The molecule has 2 heterocycles. The van der Waals surface area contributed by atoms with Crippen LogP contribution >= 0.6 is 23.2 Å². The maximum atomic E-state index is 12.2. The first-order valence-corrected chi connectivity index (χ1v) is 8.79. The topological polar surface area (TPSA) is 114 Å². The number of hydrogen-bond donors (Lipinski definition) is 2. The zero-order chi connectivity index (χ0) is 19.6. The third kappa shape index (κ3) is 4.54. The SMILES string of the molecule is C[C@@H](O)c1cnn(Cc2nc(C[C@H](O)c3ccc(Cl)cc3)no2)c(=O)c1Cl. The van der Waals surface area contributed by atoms with Gasteiger partial charge in [-0.05, 0) is 24.6 Å². The van der Waals surface area contributed by atoms with Crippen LogP contribution in [0.1, 0.15) is 42.0 Å². The summed E-state index contributed by atoms with van der Waals surface area (Å²) in [5, 5.41) is 28.0. The number of benzene rings is 1. The van der Waals surface area contributed by atoms with Gasteiger partial charge in [0.05, 0.1) is 18.4 Å². The second-order valence-corrected chi connectivity index (χ2v) is 6.74. The Balaban J connectivity index is 1.72. The largest absolute Gasteiger partial charge is 0.389 e. The Morgan fingerprint density at radius 2 is 1.93 bits per heavy atom. The summed E-state index contributed by atoms with van der Waals surface area (Å²) in [6, 6.07) is 6.79. The molecular weight excluding hydrogens is 395 g/mol. The van der Waals surface area contributed by atoms with Crippen molar-refractivity contribution in [2.24, 2.45) is 0 Å². The molecule has 0 radical (unpaired) electrons. The second-order valence-electron chi connectivity index (χ2n) is 5.93. The number of aliphatic hydroxyl groups excluding tert-OH is 2. The average molecular weight is 411 g/mol. The number of aromatic nitrogens is 4. The molecule has 2 atom stereocenters. The molecule has 2 N–H and O–H groups in total. The van der Waals surface area contributed by atoms with Crippen molar-refractivity contribution in [3.8, 4) is 0 Å². The van der Waals surface area contributed by atoms with Crippen molar-refractivity contribution >= 4 is 23.2 Å². The molecule has 8 nitrogen and oxygen atoms in total. The summed E-state index contributed by atoms with van der Waals surface area (Å²) in [5.74, 6) is 0.427. The van der Waals surface area contributed by atoms with Gasteiger partial charge >= 0.3 is 0 Å². The maximum Gasteiger partial charge on any atom is 0.286 e. The van der Waals surface area contributed by atoms with E-state index in [1.165, 1.54) is 13.1 Å². The Hall–Kier alpha value is -2.26. The third-order valence-corrected chi connectivity index (χ3v) is 4.52. The lowest BCUT2D eigenvalue weighted by Crippen LogP contribution is -2.25. The van der Waals surface area contributed by atoms with Crippen molar-refractivity contribution in [2.45, 2.75) is 32.1 Å². The quantitative estimate of drug-likeness (QED) is 0.640. The molecule has 10 heteroatoms. The van der Waals surface area contributed by atoms with E-state index in [2.05, 4.69) is 15.2 Å². The van der Waals surface area contributed by atoms with Crippen molar-refractivity contribution in [1.82, 2.24) is 19.9 Å². The molecule has 0 fully saturated rings. The Morgan fingerprint density at radius 1 is 1.22 bits per heavy atom. The first kappa shape index (κ1) is 19.5. The van der Waals surface area contributed by atoms with Gasteiger partial charge < -0.3 is 14.7 Å². The number of aliphatic hydroxyl groups is 2. The summed E-state index contributed by atoms with van der Waals surface area (Å²) in [6.07, 6.45) is -0.282. The van der Waals surface area contributed by atoms with Crippen LogP contribution in [0.25, 0.3) is 0 Å². The molecule has 27 heavy (non-hydrogen) atoms. The van der Waals surface area contributed by atoms with Crippen molar-refractivity contribution in [1.29, 1.82) is 0 Å². The lowest BCUT2D eigenvalue weighted by molar-refractivity contribution is 0.174. The predicted octanol–water partition coefficient (Wildman–Crippen LogP) is 2.31. The highest BCUT2D eigenvalue weighted by Crippen LogP contribution is 2.20. The van der Waals surface area contributed by atoms with Gasteiger partial charge in [0.25, 0.3) is 5.56 Å². The van der Waals surface area contributed by atoms with Gasteiger partial charge in [-0.15, -0.1) is 0 Å². The third-order valence-electron chi connectivity index (χ3n) is 3.89. The molecule has 0 aliphatic heterocycles. The van der Waals surface area contributed by atoms with Crippen LogP contribution in [-0.2, 0) is 13.0 Å². The van der Waals surface area contributed by atoms with Gasteiger partial charge in [-0.1, -0.05) is 40.5 Å². The first-order chi connectivity index (χ1) is 12.8. The molecular formula is C17H16Cl2N4O4. The molecule has 0 aliphatic carbocycles. The number of hydrogen-bond acceptors (Lipinski definition) is 7. The highest BCUT2D eigenvalue weighted by molar-refractivity contribution is 6.31. The fourth-order valence-electron chi connectivity index (χ4n) is 2.42. The van der Waals surface area contributed by atoms with Crippen LogP contribution in [0, 0.1) is 0 Å². The second kappa shape index (κ2) is 8.18. The summed E-state index contributed by atoms with van der Waals surface area (Å²) >= 11 is 11.8. The highest BCUT2D eigenvalue weighted by atomic mass is 35.5. The minimum atomic E-state index is -0.906. The molecule has 0 unspecified atom stereocenters. The van der Waals surface area contributed by atoms with Crippen LogP contribution in [0.3, 0.4) is 0 Å². The van der Waals surface area contributed by atoms with Gasteiger partial charge in [-0.25, -0.2) is 4.68 Å². The van der Waals surface area contributed by atoms with Gasteiger partial charge in [0.15, 0.2) is 5.82 Å². The average Bonchev–Trinajstić information content (AvgIpc) is 3.06. The number of rotatable bonds is 6. The Labute approximate surface area is 164 Å². The summed E-state index contributed by atoms with van der Waals surface area (Å²) < 4.78 is 6.17. The number of halogens is 2. The van der Waals surface area contributed by atoms with Crippen molar-refractivity contribution in [2.75, 3.05) is 0 Å². The van der Waals surface area contributed by atoms with Crippen LogP contribution in [0.2, 0.25) is 10.0 Å². The van der Waals surface area contributed by atoms with Crippen LogP contribution in [0.15, 0.2) is 39.8 Å². The smallest absolute Gasteiger partial charge is 0.286 e. The van der Waals surface area contributed by atoms with Gasteiger partial charge in [0.1, 0.15) is 11.6 Å². The van der Waals surface area contributed by atoms with Gasteiger partial charge in [0, 0.05) is 17.0 Å². The fraction of sp³-hybridized carbons (Fsp3) is 0.294. The zero-order valence-corrected chi connectivity index (χ0v) is 15.7. The van der Waals surface area contributed by atoms with Crippen molar-refractivity contribution < 1.29 is 14.7 Å². The summed E-state index contributed by atoms with van der Waals surface area (Å²) in [4.78, 5) is 16.4. The van der Waals surface area contributed by atoms with Crippen LogP contribution in [-0.4, -0.2) is 30.1 Å². The standard InChI is InChI=1S/C17H16Cl2N4O4/c1-9(24)12-7-20-23(17(26)16(12)19)8-15-21-14(22-27-15)6-13(25)10-2-4-11(18)5-3-10/h2-5,7,9,13,24-25H,6,8H2,1H3/t9-,13+/m1/s1. The van der Waals surface area contributed by atoms with E-state index in [-0.39, 0.29) is 35.3 Å².